The summed E-state index contributed by atoms with van der Waals surface area (Å²) in [5, 5.41) is 2.83. The second-order valence-electron chi connectivity index (χ2n) is 6.10. The minimum atomic E-state index is -3.53. The molecule has 0 aliphatic heterocycles. The topological polar surface area (TPSA) is 78.5 Å². The van der Waals surface area contributed by atoms with Crippen LogP contribution in [-0.2, 0) is 10.0 Å². The predicted octanol–water partition coefficient (Wildman–Crippen LogP) is 3.47. The van der Waals surface area contributed by atoms with Crippen LogP contribution in [-0.4, -0.2) is 34.0 Å². The van der Waals surface area contributed by atoms with Crippen molar-refractivity contribution >= 4 is 27.3 Å². The molecule has 6 nitrogen and oxygen atoms in total. The van der Waals surface area contributed by atoms with Crippen molar-refractivity contribution in [1.82, 2.24) is 4.72 Å². The van der Waals surface area contributed by atoms with E-state index in [4.69, 9.17) is 0 Å². The summed E-state index contributed by atoms with van der Waals surface area (Å²) in [6, 6.07) is 13.6. The maximum Gasteiger partial charge on any atom is 0.255 e. The molecule has 0 heterocycles. The van der Waals surface area contributed by atoms with E-state index in [2.05, 4.69) is 28.8 Å². The van der Waals surface area contributed by atoms with Gasteiger partial charge in [-0.15, -0.1) is 0 Å². The summed E-state index contributed by atoms with van der Waals surface area (Å²) in [4.78, 5) is 14.8. The molecule has 0 bridgehead atoms. The van der Waals surface area contributed by atoms with E-state index in [1.807, 2.05) is 31.2 Å². The summed E-state index contributed by atoms with van der Waals surface area (Å²) in [6.45, 7) is 8.31. The Labute approximate surface area is 161 Å². The Bertz CT molecular complexity index is 843. The number of hydrogen-bond donors (Lipinski definition) is 2. The molecule has 0 fully saturated rings. The third kappa shape index (κ3) is 5.55. The Hall–Kier alpha value is -2.38. The monoisotopic (exact) mass is 389 g/mol. The number of carbonyl (C=O) groups is 1. The Kier molecular flexibility index (Phi) is 7.38. The minimum absolute atomic E-state index is 0.149. The van der Waals surface area contributed by atoms with Gasteiger partial charge in [-0.2, -0.15) is 0 Å². The molecule has 1 amide bonds. The van der Waals surface area contributed by atoms with Crippen LogP contribution in [0.15, 0.2) is 53.4 Å². The number of rotatable bonds is 9. The van der Waals surface area contributed by atoms with E-state index in [0.717, 1.165) is 18.8 Å². The van der Waals surface area contributed by atoms with Crippen LogP contribution >= 0.6 is 0 Å². The van der Waals surface area contributed by atoms with Gasteiger partial charge in [0.2, 0.25) is 10.0 Å². The van der Waals surface area contributed by atoms with Crippen LogP contribution in [0.4, 0.5) is 11.4 Å². The molecule has 2 N–H and O–H groups in total. The molecule has 2 rings (SSSR count). The first kappa shape index (κ1) is 20.9. The zero-order valence-electron chi connectivity index (χ0n) is 16.0. The number of carbonyl (C=O) groups excluding carboxylic acids is 1. The molecule has 27 heavy (non-hydrogen) atoms. The lowest BCUT2D eigenvalue weighted by Gasteiger charge is -2.21. The van der Waals surface area contributed by atoms with Crippen LogP contribution in [0.1, 0.15) is 37.6 Å². The van der Waals surface area contributed by atoms with Gasteiger partial charge in [-0.05, 0) is 68.8 Å². The molecular weight excluding hydrogens is 362 g/mol. The van der Waals surface area contributed by atoms with Crippen molar-refractivity contribution in [3.63, 3.8) is 0 Å². The van der Waals surface area contributed by atoms with Crippen molar-refractivity contribution < 1.29 is 13.2 Å². The lowest BCUT2D eigenvalue weighted by atomic mass is 10.2. The highest BCUT2D eigenvalue weighted by Gasteiger charge is 2.14. The fourth-order valence-electron chi connectivity index (χ4n) is 2.65. The molecule has 0 aromatic heterocycles. The molecule has 0 saturated carbocycles. The van der Waals surface area contributed by atoms with E-state index in [0.29, 0.717) is 24.2 Å². The van der Waals surface area contributed by atoms with Crippen LogP contribution in [0.2, 0.25) is 0 Å². The van der Waals surface area contributed by atoms with Crippen LogP contribution in [0.25, 0.3) is 0 Å². The molecule has 0 spiro atoms. The number of nitrogens with zero attached hydrogens (tertiary/aromatic N) is 1. The molecule has 7 heteroatoms. The summed E-state index contributed by atoms with van der Waals surface area (Å²) in [6.07, 6.45) is 0.715. The zero-order chi connectivity index (χ0) is 19.9. The van der Waals surface area contributed by atoms with Gasteiger partial charge in [0.15, 0.2) is 0 Å². The predicted molar refractivity (Wildman–Crippen MR) is 110 cm³/mol. The van der Waals surface area contributed by atoms with E-state index in [-0.39, 0.29) is 10.8 Å². The highest BCUT2D eigenvalue weighted by molar-refractivity contribution is 7.89. The molecule has 0 atom stereocenters. The number of benzene rings is 2. The van der Waals surface area contributed by atoms with Crippen molar-refractivity contribution in [2.75, 3.05) is 29.9 Å². The molecule has 0 saturated heterocycles. The third-order valence-corrected chi connectivity index (χ3v) is 5.70. The quantitative estimate of drug-likeness (QED) is 0.688. The first-order valence-corrected chi connectivity index (χ1v) is 10.7. The van der Waals surface area contributed by atoms with Gasteiger partial charge in [0.1, 0.15) is 0 Å². The van der Waals surface area contributed by atoms with E-state index in [1.165, 1.54) is 24.3 Å². The molecule has 0 aliphatic rings. The first-order chi connectivity index (χ1) is 12.9. The van der Waals surface area contributed by atoms with Crippen LogP contribution in [0, 0.1) is 0 Å². The Morgan fingerprint density at radius 1 is 0.926 bits per heavy atom. The highest BCUT2D eigenvalue weighted by Crippen LogP contribution is 2.19. The van der Waals surface area contributed by atoms with Crippen molar-refractivity contribution in [3.8, 4) is 0 Å². The van der Waals surface area contributed by atoms with Gasteiger partial charge in [-0.25, -0.2) is 13.1 Å². The second-order valence-corrected chi connectivity index (χ2v) is 7.86. The van der Waals surface area contributed by atoms with Crippen molar-refractivity contribution in [1.29, 1.82) is 0 Å². The molecule has 0 aliphatic carbocycles. The molecule has 146 valence electrons. The van der Waals surface area contributed by atoms with Gasteiger partial charge in [-0.3, -0.25) is 4.79 Å². The summed E-state index contributed by atoms with van der Waals surface area (Å²) in [7, 11) is -3.53. The Morgan fingerprint density at radius 3 is 2.04 bits per heavy atom. The van der Waals surface area contributed by atoms with Crippen LogP contribution in [0.5, 0.6) is 0 Å². The number of hydrogen-bond acceptors (Lipinski definition) is 4. The van der Waals surface area contributed by atoms with Crippen molar-refractivity contribution in [3.05, 3.63) is 54.1 Å². The van der Waals surface area contributed by atoms with Gasteiger partial charge in [0.25, 0.3) is 5.91 Å². The fraction of sp³-hybridized carbons (Fsp3) is 0.350. The summed E-state index contributed by atoms with van der Waals surface area (Å²) >= 11 is 0. The van der Waals surface area contributed by atoms with Gasteiger partial charge in [-0.1, -0.05) is 6.92 Å². The van der Waals surface area contributed by atoms with Gasteiger partial charge >= 0.3 is 0 Å². The number of amides is 1. The zero-order valence-corrected chi connectivity index (χ0v) is 16.8. The summed E-state index contributed by atoms with van der Waals surface area (Å²) < 4.78 is 26.7. The standard InChI is InChI=1S/C20H27N3O3S/c1-4-15-21-27(25,26)19-13-7-16(8-14-19)20(24)22-17-9-11-18(12-10-17)23(5-2)6-3/h7-14,21H,4-6,15H2,1-3H3,(H,22,24). The average Bonchev–Trinajstić information content (AvgIpc) is 2.68. The number of nitrogens with one attached hydrogen (secondary N) is 2. The fourth-order valence-corrected chi connectivity index (χ4v) is 3.79. The van der Waals surface area contributed by atoms with E-state index < -0.39 is 10.0 Å². The summed E-state index contributed by atoms with van der Waals surface area (Å²) in [5.74, 6) is -0.281. The maximum absolute atomic E-state index is 12.4. The Morgan fingerprint density at radius 2 is 1.52 bits per heavy atom. The molecule has 2 aromatic rings. The van der Waals surface area contributed by atoms with E-state index in [9.17, 15) is 13.2 Å². The molecule has 0 unspecified atom stereocenters. The second kappa shape index (κ2) is 9.53. The molecular formula is C20H27N3O3S. The van der Waals surface area contributed by atoms with Crippen LogP contribution in [0.3, 0.4) is 0 Å². The normalized spacial score (nSPS) is 11.2. The van der Waals surface area contributed by atoms with Gasteiger partial charge in [0.05, 0.1) is 4.90 Å². The van der Waals surface area contributed by atoms with Gasteiger partial charge in [0, 0.05) is 36.6 Å². The highest BCUT2D eigenvalue weighted by atomic mass is 32.2. The minimum Gasteiger partial charge on any atom is -0.372 e. The largest absolute Gasteiger partial charge is 0.372 e. The number of sulfonamides is 1. The lowest BCUT2D eigenvalue weighted by Crippen LogP contribution is -2.24. The van der Waals surface area contributed by atoms with E-state index in [1.54, 1.807) is 0 Å². The summed E-state index contributed by atoms with van der Waals surface area (Å²) in [5.41, 5.74) is 2.20. The van der Waals surface area contributed by atoms with Crippen molar-refractivity contribution in [2.24, 2.45) is 0 Å². The molecule has 0 radical (unpaired) electrons. The molecule has 2 aromatic carbocycles. The smallest absolute Gasteiger partial charge is 0.255 e. The maximum atomic E-state index is 12.4. The SMILES string of the molecule is CCCNS(=O)(=O)c1ccc(C(=O)Nc2ccc(N(CC)CC)cc2)cc1. The third-order valence-electron chi connectivity index (χ3n) is 4.22. The Balaban J connectivity index is 2.06. The lowest BCUT2D eigenvalue weighted by molar-refractivity contribution is 0.102. The van der Waals surface area contributed by atoms with E-state index >= 15 is 0 Å². The van der Waals surface area contributed by atoms with Crippen LogP contribution < -0.4 is 14.9 Å². The first-order valence-electron chi connectivity index (χ1n) is 9.17. The van der Waals surface area contributed by atoms with Gasteiger partial charge < -0.3 is 10.2 Å². The number of anilines is 2. The average molecular weight is 390 g/mol. The van der Waals surface area contributed by atoms with Crippen molar-refractivity contribution in [2.45, 2.75) is 32.1 Å².